The molecule has 0 fully saturated rings. The SMILES string of the molecule is COC(=O)CC(=O)CCC(=O)c1cc(Oc2ccc(C(F)(F)F)cc2[N+](=O)[O-])ccc1[N+](=O)[O-]. The Bertz CT molecular complexity index is 1160. The van der Waals surface area contributed by atoms with Gasteiger partial charge in [-0.15, -0.1) is 0 Å². The lowest BCUT2D eigenvalue weighted by molar-refractivity contribution is -0.385. The number of methoxy groups -OCH3 is 1. The number of hydrogen-bond donors (Lipinski definition) is 0. The van der Waals surface area contributed by atoms with Gasteiger partial charge in [0.25, 0.3) is 5.69 Å². The average molecular weight is 484 g/mol. The highest BCUT2D eigenvalue weighted by molar-refractivity contribution is 6.03. The second-order valence-electron chi connectivity index (χ2n) is 6.69. The lowest BCUT2D eigenvalue weighted by atomic mass is 10.0. The molecule has 0 spiro atoms. The molecule has 180 valence electrons. The molecule has 14 heteroatoms. The van der Waals surface area contributed by atoms with Gasteiger partial charge in [-0.2, -0.15) is 13.2 Å². The van der Waals surface area contributed by atoms with Gasteiger partial charge in [-0.05, 0) is 24.3 Å². The highest BCUT2D eigenvalue weighted by Gasteiger charge is 2.33. The molecule has 0 saturated heterocycles. The van der Waals surface area contributed by atoms with Gasteiger partial charge in [0.05, 0.1) is 28.1 Å². The zero-order chi connectivity index (χ0) is 25.6. The summed E-state index contributed by atoms with van der Waals surface area (Å²) in [5.74, 6) is -3.24. The van der Waals surface area contributed by atoms with Gasteiger partial charge >= 0.3 is 17.8 Å². The zero-order valence-corrected chi connectivity index (χ0v) is 17.3. The molecule has 0 heterocycles. The van der Waals surface area contributed by atoms with Crippen LogP contribution in [0.3, 0.4) is 0 Å². The molecule has 2 aromatic rings. The van der Waals surface area contributed by atoms with Crippen LogP contribution in [0.5, 0.6) is 11.5 Å². The Hall–Kier alpha value is -4.36. The number of nitrogens with zero attached hydrogens (tertiary/aromatic N) is 2. The Morgan fingerprint density at radius 1 is 0.941 bits per heavy atom. The first-order valence-electron chi connectivity index (χ1n) is 9.27. The Kier molecular flexibility index (Phi) is 8.00. The van der Waals surface area contributed by atoms with E-state index >= 15 is 0 Å². The van der Waals surface area contributed by atoms with Gasteiger partial charge in [0.2, 0.25) is 5.75 Å². The van der Waals surface area contributed by atoms with Gasteiger partial charge in [0, 0.05) is 25.0 Å². The van der Waals surface area contributed by atoms with Crippen molar-refractivity contribution in [2.75, 3.05) is 7.11 Å². The number of esters is 1. The molecule has 0 aliphatic rings. The average Bonchev–Trinajstić information content (AvgIpc) is 2.76. The minimum atomic E-state index is -4.85. The molecule has 34 heavy (non-hydrogen) atoms. The smallest absolute Gasteiger partial charge is 0.416 e. The normalized spacial score (nSPS) is 10.9. The summed E-state index contributed by atoms with van der Waals surface area (Å²) in [4.78, 5) is 55.8. The molecule has 0 aromatic heterocycles. The van der Waals surface area contributed by atoms with Gasteiger partial charge in [-0.3, -0.25) is 34.6 Å². The number of nitro groups is 2. The topological polar surface area (TPSA) is 156 Å². The number of carbonyl (C=O) groups excluding carboxylic acids is 3. The molecule has 0 radical (unpaired) electrons. The van der Waals surface area contributed by atoms with E-state index in [0.717, 1.165) is 25.3 Å². The summed E-state index contributed by atoms with van der Waals surface area (Å²) in [6.45, 7) is 0. The molecule has 2 rings (SSSR count). The maximum Gasteiger partial charge on any atom is 0.416 e. The number of ether oxygens (including phenoxy) is 2. The van der Waals surface area contributed by atoms with Crippen LogP contribution in [0.25, 0.3) is 0 Å². The van der Waals surface area contributed by atoms with Crippen LogP contribution in [-0.4, -0.2) is 34.5 Å². The molecule has 2 aromatic carbocycles. The number of halogens is 3. The molecule has 11 nitrogen and oxygen atoms in total. The predicted molar refractivity (Wildman–Crippen MR) is 106 cm³/mol. The molecule has 0 atom stereocenters. The fraction of sp³-hybridized carbons (Fsp3) is 0.250. The van der Waals surface area contributed by atoms with Crippen LogP contribution in [-0.2, 0) is 20.5 Å². The first kappa shape index (κ1) is 25.9. The Morgan fingerprint density at radius 2 is 1.59 bits per heavy atom. The molecular weight excluding hydrogens is 469 g/mol. The third kappa shape index (κ3) is 6.57. The Morgan fingerprint density at radius 3 is 2.15 bits per heavy atom. The van der Waals surface area contributed by atoms with Crippen LogP contribution in [0, 0.1) is 20.2 Å². The summed E-state index contributed by atoms with van der Waals surface area (Å²) >= 11 is 0. The highest BCUT2D eigenvalue weighted by atomic mass is 19.4. The van der Waals surface area contributed by atoms with Crippen molar-refractivity contribution in [3.8, 4) is 11.5 Å². The third-order valence-electron chi connectivity index (χ3n) is 4.38. The van der Waals surface area contributed by atoms with E-state index in [4.69, 9.17) is 4.74 Å². The molecule has 0 aliphatic carbocycles. The minimum absolute atomic E-state index is 0.264. The van der Waals surface area contributed by atoms with Gasteiger partial charge in [-0.25, -0.2) is 0 Å². The van der Waals surface area contributed by atoms with Gasteiger partial charge in [-0.1, -0.05) is 0 Å². The molecule has 0 aliphatic heterocycles. The molecule has 0 unspecified atom stereocenters. The number of benzene rings is 2. The van der Waals surface area contributed by atoms with E-state index in [9.17, 15) is 47.8 Å². The first-order chi connectivity index (χ1) is 15.8. The predicted octanol–water partition coefficient (Wildman–Crippen LogP) is 4.41. The van der Waals surface area contributed by atoms with Crippen LogP contribution < -0.4 is 4.74 Å². The van der Waals surface area contributed by atoms with Crippen LogP contribution >= 0.6 is 0 Å². The van der Waals surface area contributed by atoms with E-state index in [1.807, 2.05) is 0 Å². The molecule has 0 saturated carbocycles. The van der Waals surface area contributed by atoms with Crippen molar-refractivity contribution in [1.82, 2.24) is 0 Å². The van der Waals surface area contributed by atoms with E-state index in [-0.39, 0.29) is 11.8 Å². The number of Topliss-reactive ketones (excluding diaryl/α,β-unsaturated/α-hetero) is 2. The second kappa shape index (κ2) is 10.5. The van der Waals surface area contributed by atoms with E-state index in [0.29, 0.717) is 12.1 Å². The summed E-state index contributed by atoms with van der Waals surface area (Å²) in [7, 11) is 1.07. The van der Waals surface area contributed by atoms with Crippen molar-refractivity contribution in [2.45, 2.75) is 25.4 Å². The van der Waals surface area contributed by atoms with Crippen molar-refractivity contribution in [2.24, 2.45) is 0 Å². The molecule has 0 N–H and O–H groups in total. The van der Waals surface area contributed by atoms with E-state index < -0.39 is 81.1 Å². The summed E-state index contributed by atoms with van der Waals surface area (Å²) in [6, 6.07) is 4.27. The summed E-state index contributed by atoms with van der Waals surface area (Å²) in [6.07, 6.45) is -6.35. The van der Waals surface area contributed by atoms with Crippen molar-refractivity contribution >= 4 is 28.9 Å². The standard InChI is InChI=1S/C20H15F3N2O9/c1-33-19(28)9-12(26)3-6-17(27)14-10-13(4-5-15(14)24(29)30)34-18-7-2-11(20(21,22)23)8-16(18)25(31)32/h2,4-5,7-8,10H,3,6,9H2,1H3. The van der Waals surface area contributed by atoms with Gasteiger partial charge in [0.1, 0.15) is 18.0 Å². The second-order valence-corrected chi connectivity index (χ2v) is 6.69. The van der Waals surface area contributed by atoms with Crippen molar-refractivity contribution in [3.05, 3.63) is 67.8 Å². The largest absolute Gasteiger partial charge is 0.469 e. The minimum Gasteiger partial charge on any atom is -0.469 e. The van der Waals surface area contributed by atoms with Crippen molar-refractivity contribution in [1.29, 1.82) is 0 Å². The molecule has 0 amide bonds. The number of nitro benzene ring substituents is 2. The fourth-order valence-corrected chi connectivity index (χ4v) is 2.72. The number of alkyl halides is 3. The lowest BCUT2D eigenvalue weighted by Crippen LogP contribution is -2.12. The number of rotatable bonds is 10. The van der Waals surface area contributed by atoms with Crippen LogP contribution in [0.15, 0.2) is 36.4 Å². The van der Waals surface area contributed by atoms with Crippen LogP contribution in [0.1, 0.15) is 35.2 Å². The molecular formula is C20H15F3N2O9. The number of carbonyl (C=O) groups is 3. The number of ketones is 2. The summed E-state index contributed by atoms with van der Waals surface area (Å²) in [5.41, 5.74) is -3.46. The quantitative estimate of drug-likeness (QED) is 0.157. The highest BCUT2D eigenvalue weighted by Crippen LogP contribution is 2.38. The van der Waals surface area contributed by atoms with Crippen molar-refractivity contribution in [3.63, 3.8) is 0 Å². The molecule has 0 bridgehead atoms. The zero-order valence-electron chi connectivity index (χ0n) is 17.3. The van der Waals surface area contributed by atoms with Gasteiger partial charge < -0.3 is 9.47 Å². The van der Waals surface area contributed by atoms with Crippen LogP contribution in [0.4, 0.5) is 24.5 Å². The maximum absolute atomic E-state index is 12.9. The lowest BCUT2D eigenvalue weighted by Gasteiger charge is -2.11. The van der Waals surface area contributed by atoms with Crippen LogP contribution in [0.2, 0.25) is 0 Å². The first-order valence-corrected chi connectivity index (χ1v) is 9.27. The third-order valence-corrected chi connectivity index (χ3v) is 4.38. The fourth-order valence-electron chi connectivity index (χ4n) is 2.72. The summed E-state index contributed by atoms with van der Waals surface area (Å²) in [5, 5.41) is 22.5. The maximum atomic E-state index is 12.9. The summed E-state index contributed by atoms with van der Waals surface area (Å²) < 4.78 is 48.1. The van der Waals surface area contributed by atoms with E-state index in [1.165, 1.54) is 0 Å². The monoisotopic (exact) mass is 484 g/mol. The van der Waals surface area contributed by atoms with E-state index in [1.54, 1.807) is 0 Å². The van der Waals surface area contributed by atoms with Gasteiger partial charge in [0.15, 0.2) is 5.78 Å². The Balaban J connectivity index is 2.34. The van der Waals surface area contributed by atoms with Crippen molar-refractivity contribution < 1.29 is 46.9 Å². The van der Waals surface area contributed by atoms with E-state index in [2.05, 4.69) is 4.74 Å². The number of hydrogen-bond acceptors (Lipinski definition) is 9. The Labute approximate surface area is 188 Å².